The van der Waals surface area contributed by atoms with E-state index in [1.165, 1.54) is 18.0 Å². The highest BCUT2D eigenvalue weighted by atomic mass is 19.1. The molecule has 0 atom stereocenters. The Morgan fingerprint density at radius 2 is 2.04 bits per heavy atom. The van der Waals surface area contributed by atoms with Crippen molar-refractivity contribution in [2.75, 3.05) is 20.2 Å². The number of carbonyl (C=O) groups excluding carboxylic acids is 2. The van der Waals surface area contributed by atoms with Crippen molar-refractivity contribution in [1.29, 1.82) is 0 Å². The molecule has 1 aromatic heterocycles. The summed E-state index contributed by atoms with van der Waals surface area (Å²) in [5.74, 6) is -0.472. The summed E-state index contributed by atoms with van der Waals surface area (Å²) in [5, 5.41) is 12.0. The molecule has 0 spiro atoms. The van der Waals surface area contributed by atoms with Crippen molar-refractivity contribution in [3.8, 4) is 11.4 Å². The lowest BCUT2D eigenvalue weighted by molar-refractivity contribution is -0.149. The predicted octanol–water partition coefficient (Wildman–Crippen LogP) is 1.20. The van der Waals surface area contributed by atoms with Crippen LogP contribution in [0.15, 0.2) is 18.2 Å². The van der Waals surface area contributed by atoms with E-state index in [0.717, 1.165) is 0 Å². The van der Waals surface area contributed by atoms with Gasteiger partial charge in [0.1, 0.15) is 12.4 Å². The van der Waals surface area contributed by atoms with Crippen LogP contribution in [0, 0.1) is 18.7 Å². The summed E-state index contributed by atoms with van der Waals surface area (Å²) in [7, 11) is 1.37. The van der Waals surface area contributed by atoms with Crippen LogP contribution in [0.4, 0.5) is 4.39 Å². The monoisotopic (exact) mass is 361 g/mol. The fraction of sp³-hybridized carbons (Fsp3) is 0.471. The number of tetrazole rings is 1. The molecule has 1 amide bonds. The van der Waals surface area contributed by atoms with E-state index in [9.17, 15) is 14.0 Å². The third-order valence-corrected chi connectivity index (χ3v) is 4.53. The molecule has 0 N–H and O–H groups in total. The van der Waals surface area contributed by atoms with E-state index >= 15 is 0 Å². The average molecular weight is 361 g/mol. The normalized spacial score (nSPS) is 15.1. The van der Waals surface area contributed by atoms with E-state index < -0.39 is 0 Å². The van der Waals surface area contributed by atoms with Crippen LogP contribution in [-0.2, 0) is 20.9 Å². The molecule has 1 aromatic carbocycles. The number of ether oxygens (including phenoxy) is 1. The second-order valence-corrected chi connectivity index (χ2v) is 6.29. The quantitative estimate of drug-likeness (QED) is 0.760. The summed E-state index contributed by atoms with van der Waals surface area (Å²) < 4.78 is 18.1. The molecule has 1 aliphatic heterocycles. The molecule has 0 aliphatic carbocycles. The van der Waals surface area contributed by atoms with Gasteiger partial charge >= 0.3 is 5.97 Å². The van der Waals surface area contributed by atoms with Gasteiger partial charge in [0.05, 0.1) is 13.0 Å². The molecule has 0 unspecified atom stereocenters. The number of aryl methyl sites for hydroxylation is 1. The van der Waals surface area contributed by atoms with Crippen LogP contribution in [-0.4, -0.2) is 57.2 Å². The van der Waals surface area contributed by atoms with Crippen molar-refractivity contribution in [2.45, 2.75) is 26.3 Å². The Morgan fingerprint density at radius 1 is 1.31 bits per heavy atom. The van der Waals surface area contributed by atoms with E-state index in [0.29, 0.717) is 42.9 Å². The molecular formula is C17H20FN5O3. The number of methoxy groups -OCH3 is 1. The lowest BCUT2D eigenvalue weighted by Gasteiger charge is -2.30. The number of halogens is 1. The number of benzene rings is 1. The zero-order valence-electron chi connectivity index (χ0n) is 14.7. The Bertz CT molecular complexity index is 814. The summed E-state index contributed by atoms with van der Waals surface area (Å²) in [6, 6.07) is 4.56. The predicted molar refractivity (Wildman–Crippen MR) is 89.3 cm³/mol. The topological polar surface area (TPSA) is 90.2 Å². The summed E-state index contributed by atoms with van der Waals surface area (Å²) in [5.41, 5.74) is 1.13. The molecule has 1 fully saturated rings. The van der Waals surface area contributed by atoms with Crippen LogP contribution in [0.5, 0.6) is 0 Å². The molecule has 2 aromatic rings. The molecule has 0 bridgehead atoms. The highest BCUT2D eigenvalue weighted by molar-refractivity contribution is 5.77. The molecule has 1 saturated heterocycles. The third kappa shape index (κ3) is 3.87. The number of esters is 1. The molecule has 9 heteroatoms. The second-order valence-electron chi connectivity index (χ2n) is 6.29. The SMILES string of the molecule is COC(=O)C1CCN(C(=O)Cn2nnc(-c3ccc(F)c(C)c3)n2)CC1. The van der Waals surface area contributed by atoms with Crippen molar-refractivity contribution in [3.63, 3.8) is 0 Å². The Hall–Kier alpha value is -2.84. The van der Waals surface area contributed by atoms with Gasteiger partial charge in [0, 0.05) is 18.7 Å². The molecule has 0 radical (unpaired) electrons. The van der Waals surface area contributed by atoms with Gasteiger partial charge in [-0.25, -0.2) is 4.39 Å². The summed E-state index contributed by atoms with van der Waals surface area (Å²) >= 11 is 0. The minimum atomic E-state index is -0.299. The van der Waals surface area contributed by atoms with E-state index in [1.54, 1.807) is 24.0 Å². The minimum absolute atomic E-state index is 0.0317. The summed E-state index contributed by atoms with van der Waals surface area (Å²) in [6.45, 7) is 2.62. The van der Waals surface area contributed by atoms with Gasteiger partial charge in [-0.2, -0.15) is 4.80 Å². The zero-order valence-corrected chi connectivity index (χ0v) is 14.7. The van der Waals surface area contributed by atoms with E-state index in [2.05, 4.69) is 15.4 Å². The van der Waals surface area contributed by atoms with Gasteiger partial charge in [-0.1, -0.05) is 0 Å². The average Bonchev–Trinajstić information content (AvgIpc) is 3.12. The van der Waals surface area contributed by atoms with Crippen molar-refractivity contribution in [2.24, 2.45) is 5.92 Å². The number of carbonyl (C=O) groups is 2. The molecule has 26 heavy (non-hydrogen) atoms. The third-order valence-electron chi connectivity index (χ3n) is 4.53. The van der Waals surface area contributed by atoms with E-state index in [4.69, 9.17) is 4.74 Å². The van der Waals surface area contributed by atoms with Gasteiger partial charge in [-0.05, 0) is 48.7 Å². The van der Waals surface area contributed by atoms with Crippen molar-refractivity contribution < 1.29 is 18.7 Å². The highest BCUT2D eigenvalue weighted by Gasteiger charge is 2.28. The largest absolute Gasteiger partial charge is 0.469 e. The van der Waals surface area contributed by atoms with Gasteiger partial charge < -0.3 is 9.64 Å². The molecule has 1 aliphatic rings. The molecular weight excluding hydrogens is 341 g/mol. The maximum Gasteiger partial charge on any atom is 0.308 e. The van der Waals surface area contributed by atoms with Crippen LogP contribution in [0.25, 0.3) is 11.4 Å². The number of nitrogens with zero attached hydrogens (tertiary/aromatic N) is 5. The molecule has 8 nitrogen and oxygen atoms in total. The van der Waals surface area contributed by atoms with Gasteiger partial charge in [0.25, 0.3) is 0 Å². The van der Waals surface area contributed by atoms with Crippen LogP contribution in [0.3, 0.4) is 0 Å². The Labute approximate surface area is 149 Å². The van der Waals surface area contributed by atoms with Gasteiger partial charge in [0.2, 0.25) is 11.7 Å². The second kappa shape index (κ2) is 7.59. The standard InChI is InChI=1S/C17H20FN5O3/c1-11-9-13(3-4-14(11)18)16-19-21-23(20-16)10-15(24)22-7-5-12(6-8-22)17(25)26-2/h3-4,9,12H,5-8,10H2,1-2H3. The Kier molecular flexibility index (Phi) is 5.24. The maximum atomic E-state index is 13.4. The first-order valence-corrected chi connectivity index (χ1v) is 8.38. The fourth-order valence-corrected chi connectivity index (χ4v) is 2.96. The molecule has 2 heterocycles. The van der Waals surface area contributed by atoms with Gasteiger partial charge in [0.15, 0.2) is 0 Å². The lowest BCUT2D eigenvalue weighted by atomic mass is 9.97. The fourth-order valence-electron chi connectivity index (χ4n) is 2.96. The number of hydrogen-bond acceptors (Lipinski definition) is 6. The number of aromatic nitrogens is 4. The highest BCUT2D eigenvalue weighted by Crippen LogP contribution is 2.19. The van der Waals surface area contributed by atoms with Crippen molar-refractivity contribution in [3.05, 3.63) is 29.6 Å². The lowest BCUT2D eigenvalue weighted by Crippen LogP contribution is -2.42. The molecule has 3 rings (SSSR count). The van der Waals surface area contributed by atoms with E-state index in [1.807, 2.05) is 0 Å². The smallest absolute Gasteiger partial charge is 0.308 e. The minimum Gasteiger partial charge on any atom is -0.469 e. The summed E-state index contributed by atoms with van der Waals surface area (Å²) in [6.07, 6.45) is 1.17. The van der Waals surface area contributed by atoms with Crippen LogP contribution >= 0.6 is 0 Å². The number of likely N-dealkylation sites (tertiary alicyclic amines) is 1. The number of amides is 1. The summed E-state index contributed by atoms with van der Waals surface area (Å²) in [4.78, 5) is 26.8. The van der Waals surface area contributed by atoms with E-state index in [-0.39, 0.29) is 30.2 Å². The first kappa shape index (κ1) is 18.0. The first-order chi connectivity index (χ1) is 12.5. The van der Waals surface area contributed by atoms with Crippen LogP contribution in [0.2, 0.25) is 0 Å². The van der Waals surface area contributed by atoms with Crippen molar-refractivity contribution in [1.82, 2.24) is 25.1 Å². The van der Waals surface area contributed by atoms with Crippen LogP contribution < -0.4 is 0 Å². The number of hydrogen-bond donors (Lipinski definition) is 0. The van der Waals surface area contributed by atoms with Gasteiger partial charge in [-0.15, -0.1) is 10.2 Å². The Balaban J connectivity index is 1.60. The first-order valence-electron chi connectivity index (χ1n) is 8.38. The van der Waals surface area contributed by atoms with Crippen LogP contribution in [0.1, 0.15) is 18.4 Å². The van der Waals surface area contributed by atoms with Gasteiger partial charge in [-0.3, -0.25) is 9.59 Å². The van der Waals surface area contributed by atoms with Crippen molar-refractivity contribution >= 4 is 11.9 Å². The maximum absolute atomic E-state index is 13.4. The zero-order chi connectivity index (χ0) is 18.7. The Morgan fingerprint density at radius 3 is 2.69 bits per heavy atom. The number of piperidine rings is 1. The molecule has 138 valence electrons. The molecule has 0 saturated carbocycles. The number of rotatable bonds is 4.